The summed E-state index contributed by atoms with van der Waals surface area (Å²) < 4.78 is 0. The molecule has 0 amide bonds. The molecule has 21 heavy (non-hydrogen) atoms. The Morgan fingerprint density at radius 3 is 2.57 bits per heavy atom. The molecule has 1 heterocycles. The van der Waals surface area contributed by atoms with E-state index in [1.54, 1.807) is 6.20 Å². The van der Waals surface area contributed by atoms with Gasteiger partial charge in [0.15, 0.2) is 0 Å². The van der Waals surface area contributed by atoms with Crippen LogP contribution in [0.4, 0.5) is 5.82 Å². The van der Waals surface area contributed by atoms with Crippen LogP contribution in [0.15, 0.2) is 42.6 Å². The summed E-state index contributed by atoms with van der Waals surface area (Å²) in [5, 5.41) is 12.7. The van der Waals surface area contributed by atoms with Crippen molar-refractivity contribution in [1.82, 2.24) is 4.98 Å². The zero-order chi connectivity index (χ0) is 15.3. The molecule has 1 N–H and O–H groups in total. The first-order valence-electron chi connectivity index (χ1n) is 7.20. The standard InChI is InChI=1S/C18H21N3/c1-14-10-12-20-17(16(14)13-19)21-18(2,3)11-9-15-7-5-4-6-8-15/h4-8,10,12H,9,11H2,1-3H3,(H,20,21). The van der Waals surface area contributed by atoms with Gasteiger partial charge < -0.3 is 5.32 Å². The first-order valence-corrected chi connectivity index (χ1v) is 7.20. The van der Waals surface area contributed by atoms with Gasteiger partial charge in [-0.05, 0) is 50.8 Å². The highest BCUT2D eigenvalue weighted by Gasteiger charge is 2.20. The quantitative estimate of drug-likeness (QED) is 0.897. The highest BCUT2D eigenvalue weighted by atomic mass is 15.0. The maximum absolute atomic E-state index is 9.27. The van der Waals surface area contributed by atoms with E-state index < -0.39 is 0 Å². The number of aromatic nitrogens is 1. The van der Waals surface area contributed by atoms with Crippen molar-refractivity contribution >= 4 is 5.82 Å². The van der Waals surface area contributed by atoms with Crippen LogP contribution in [0.2, 0.25) is 0 Å². The van der Waals surface area contributed by atoms with E-state index >= 15 is 0 Å². The predicted molar refractivity (Wildman–Crippen MR) is 86.2 cm³/mol. The summed E-state index contributed by atoms with van der Waals surface area (Å²) in [6.45, 7) is 6.21. The molecule has 0 spiro atoms. The number of hydrogen-bond acceptors (Lipinski definition) is 3. The molecule has 0 radical (unpaired) electrons. The second-order valence-electron chi connectivity index (χ2n) is 5.96. The predicted octanol–water partition coefficient (Wildman–Crippen LogP) is 4.09. The molecule has 0 aliphatic heterocycles. The van der Waals surface area contributed by atoms with Crippen LogP contribution in [0, 0.1) is 18.3 Å². The summed E-state index contributed by atoms with van der Waals surface area (Å²) >= 11 is 0. The molecule has 0 fully saturated rings. The minimum atomic E-state index is -0.123. The van der Waals surface area contributed by atoms with Crippen molar-refractivity contribution < 1.29 is 0 Å². The largest absolute Gasteiger partial charge is 0.364 e. The topological polar surface area (TPSA) is 48.7 Å². The molecule has 2 aromatic rings. The van der Waals surface area contributed by atoms with E-state index in [1.807, 2.05) is 19.1 Å². The van der Waals surface area contributed by atoms with Crippen molar-refractivity contribution in [3.8, 4) is 6.07 Å². The van der Waals surface area contributed by atoms with Gasteiger partial charge in [-0.3, -0.25) is 0 Å². The zero-order valence-electron chi connectivity index (χ0n) is 12.9. The summed E-state index contributed by atoms with van der Waals surface area (Å²) in [6, 6.07) is 14.5. The number of nitriles is 1. The fourth-order valence-corrected chi connectivity index (χ4v) is 2.28. The molecule has 0 saturated heterocycles. The smallest absolute Gasteiger partial charge is 0.144 e. The second kappa shape index (κ2) is 6.41. The van der Waals surface area contributed by atoms with E-state index in [2.05, 4.69) is 54.5 Å². The van der Waals surface area contributed by atoms with E-state index in [-0.39, 0.29) is 5.54 Å². The molecule has 2 rings (SSSR count). The first-order chi connectivity index (χ1) is 10.0. The van der Waals surface area contributed by atoms with E-state index in [4.69, 9.17) is 0 Å². The van der Waals surface area contributed by atoms with Gasteiger partial charge in [0.25, 0.3) is 0 Å². The van der Waals surface area contributed by atoms with Crippen LogP contribution < -0.4 is 5.32 Å². The van der Waals surface area contributed by atoms with Crippen LogP contribution in [0.1, 0.15) is 37.0 Å². The van der Waals surface area contributed by atoms with Crippen molar-refractivity contribution in [2.75, 3.05) is 5.32 Å². The minimum absolute atomic E-state index is 0.123. The third-order valence-corrected chi connectivity index (χ3v) is 3.61. The molecule has 0 atom stereocenters. The Hall–Kier alpha value is -2.34. The van der Waals surface area contributed by atoms with Gasteiger partial charge in [0.1, 0.15) is 11.9 Å². The van der Waals surface area contributed by atoms with Crippen molar-refractivity contribution in [2.45, 2.75) is 39.2 Å². The third kappa shape index (κ3) is 4.06. The molecule has 108 valence electrons. The lowest BCUT2D eigenvalue weighted by molar-refractivity contribution is 0.516. The normalized spacial score (nSPS) is 11.0. The highest BCUT2D eigenvalue weighted by Crippen LogP contribution is 2.23. The lowest BCUT2D eigenvalue weighted by Gasteiger charge is -2.27. The molecule has 3 heteroatoms. The van der Waals surface area contributed by atoms with Gasteiger partial charge in [-0.25, -0.2) is 4.98 Å². The highest BCUT2D eigenvalue weighted by molar-refractivity contribution is 5.56. The maximum atomic E-state index is 9.27. The van der Waals surface area contributed by atoms with Crippen molar-refractivity contribution in [2.24, 2.45) is 0 Å². The number of nitrogens with one attached hydrogen (secondary N) is 1. The number of anilines is 1. The average molecular weight is 279 g/mol. The van der Waals surface area contributed by atoms with Crippen molar-refractivity contribution in [1.29, 1.82) is 5.26 Å². The fourth-order valence-electron chi connectivity index (χ4n) is 2.28. The molecular formula is C18H21N3. The lowest BCUT2D eigenvalue weighted by atomic mass is 9.95. The van der Waals surface area contributed by atoms with E-state index in [0.717, 1.165) is 18.4 Å². The van der Waals surface area contributed by atoms with Crippen molar-refractivity contribution in [3.63, 3.8) is 0 Å². The molecule has 0 unspecified atom stereocenters. The van der Waals surface area contributed by atoms with Gasteiger partial charge in [-0.2, -0.15) is 5.26 Å². The average Bonchev–Trinajstić information content (AvgIpc) is 2.46. The van der Waals surface area contributed by atoms with Crippen LogP contribution >= 0.6 is 0 Å². The lowest BCUT2D eigenvalue weighted by Crippen LogP contribution is -2.32. The van der Waals surface area contributed by atoms with Gasteiger partial charge in [-0.1, -0.05) is 30.3 Å². The summed E-state index contributed by atoms with van der Waals surface area (Å²) in [6.07, 6.45) is 3.71. The maximum Gasteiger partial charge on any atom is 0.144 e. The van der Waals surface area contributed by atoms with Crippen LogP contribution in [-0.2, 0) is 6.42 Å². The first kappa shape index (κ1) is 15.1. The van der Waals surface area contributed by atoms with Gasteiger partial charge in [-0.15, -0.1) is 0 Å². The number of aryl methyl sites for hydroxylation is 2. The van der Waals surface area contributed by atoms with Crippen LogP contribution in [0.3, 0.4) is 0 Å². The Kier molecular flexibility index (Phi) is 4.59. The number of benzene rings is 1. The molecule has 1 aromatic carbocycles. The van der Waals surface area contributed by atoms with Crippen LogP contribution in [0.25, 0.3) is 0 Å². The van der Waals surface area contributed by atoms with Gasteiger partial charge in [0.05, 0.1) is 5.56 Å². The Morgan fingerprint density at radius 2 is 1.90 bits per heavy atom. The number of pyridine rings is 1. The Labute approximate surface area is 126 Å². The monoisotopic (exact) mass is 279 g/mol. The number of hydrogen-bond donors (Lipinski definition) is 1. The molecule has 1 aromatic heterocycles. The number of rotatable bonds is 5. The Balaban J connectivity index is 2.08. The molecule has 3 nitrogen and oxygen atoms in total. The van der Waals surface area contributed by atoms with Gasteiger partial charge in [0, 0.05) is 11.7 Å². The third-order valence-electron chi connectivity index (χ3n) is 3.61. The van der Waals surface area contributed by atoms with Gasteiger partial charge in [0.2, 0.25) is 0 Å². The second-order valence-corrected chi connectivity index (χ2v) is 5.96. The molecule has 0 aliphatic carbocycles. The van der Waals surface area contributed by atoms with Crippen LogP contribution in [-0.4, -0.2) is 10.5 Å². The molecular weight excluding hydrogens is 258 g/mol. The summed E-state index contributed by atoms with van der Waals surface area (Å²) in [7, 11) is 0. The van der Waals surface area contributed by atoms with Crippen LogP contribution in [0.5, 0.6) is 0 Å². The molecule has 0 bridgehead atoms. The minimum Gasteiger partial charge on any atom is -0.364 e. The Morgan fingerprint density at radius 1 is 1.19 bits per heavy atom. The summed E-state index contributed by atoms with van der Waals surface area (Å²) in [4.78, 5) is 4.32. The van der Waals surface area contributed by atoms with E-state index in [1.165, 1.54) is 5.56 Å². The van der Waals surface area contributed by atoms with E-state index in [9.17, 15) is 5.26 Å². The van der Waals surface area contributed by atoms with Gasteiger partial charge >= 0.3 is 0 Å². The summed E-state index contributed by atoms with van der Waals surface area (Å²) in [5.41, 5.74) is 2.78. The zero-order valence-corrected chi connectivity index (χ0v) is 12.9. The van der Waals surface area contributed by atoms with Crippen molar-refractivity contribution in [3.05, 3.63) is 59.3 Å². The molecule has 0 saturated carbocycles. The molecule has 0 aliphatic rings. The Bertz CT molecular complexity index is 639. The van der Waals surface area contributed by atoms with E-state index in [0.29, 0.717) is 11.4 Å². The SMILES string of the molecule is Cc1ccnc(NC(C)(C)CCc2ccccc2)c1C#N. The fraction of sp³-hybridized carbons (Fsp3) is 0.333. The number of nitrogens with zero attached hydrogens (tertiary/aromatic N) is 2. The summed E-state index contributed by atoms with van der Waals surface area (Å²) in [5.74, 6) is 0.676.